The molecule has 1 heterocycles. The summed E-state index contributed by atoms with van der Waals surface area (Å²) in [5, 5.41) is 0. The van der Waals surface area contributed by atoms with Gasteiger partial charge in [0, 0.05) is 22.8 Å². The van der Waals surface area contributed by atoms with Crippen LogP contribution in [-0.2, 0) is 6.42 Å². The Balaban J connectivity index is 2.11. The van der Waals surface area contributed by atoms with Crippen molar-refractivity contribution in [1.82, 2.24) is 4.98 Å². The minimum Gasteiger partial charge on any atom is -0.490 e. The van der Waals surface area contributed by atoms with E-state index in [4.69, 9.17) is 10.5 Å². The number of halogens is 1. The molecule has 0 saturated carbocycles. The van der Waals surface area contributed by atoms with Crippen molar-refractivity contribution in [2.45, 2.75) is 13.3 Å². The Labute approximate surface area is 126 Å². The summed E-state index contributed by atoms with van der Waals surface area (Å²) in [5.41, 5.74) is 7.79. The number of ether oxygens (including phenoxy) is 1. The van der Waals surface area contributed by atoms with Crippen LogP contribution in [-0.4, -0.2) is 17.4 Å². The minimum absolute atomic E-state index is 0.0779. The van der Waals surface area contributed by atoms with E-state index in [1.807, 2.05) is 18.2 Å². The quantitative estimate of drug-likeness (QED) is 0.673. The van der Waals surface area contributed by atoms with Crippen molar-refractivity contribution in [1.29, 1.82) is 0 Å². The van der Waals surface area contributed by atoms with Crippen LogP contribution in [0.2, 0.25) is 0 Å². The summed E-state index contributed by atoms with van der Waals surface area (Å²) in [6, 6.07) is 9.17. The number of nitrogens with two attached hydrogens (primary N) is 1. The van der Waals surface area contributed by atoms with E-state index in [0.717, 1.165) is 10.2 Å². The van der Waals surface area contributed by atoms with Gasteiger partial charge in [-0.3, -0.25) is 9.78 Å². The zero-order valence-electron chi connectivity index (χ0n) is 11.1. The summed E-state index contributed by atoms with van der Waals surface area (Å²) < 4.78 is 6.44. The lowest BCUT2D eigenvalue weighted by Gasteiger charge is -2.13. The van der Waals surface area contributed by atoms with Crippen molar-refractivity contribution in [2.75, 3.05) is 12.3 Å². The number of ketones is 1. The fourth-order valence-electron chi connectivity index (χ4n) is 1.84. The van der Waals surface area contributed by atoms with E-state index in [1.54, 1.807) is 18.3 Å². The Kier molecular flexibility index (Phi) is 4.74. The molecule has 0 bridgehead atoms. The molecule has 2 rings (SSSR count). The third kappa shape index (κ3) is 3.57. The van der Waals surface area contributed by atoms with Gasteiger partial charge in [-0.1, -0.05) is 22.0 Å². The highest BCUT2D eigenvalue weighted by atomic mass is 79.9. The molecule has 0 radical (unpaired) electrons. The molecule has 0 spiro atoms. The van der Waals surface area contributed by atoms with Crippen LogP contribution >= 0.6 is 15.9 Å². The molecule has 0 aliphatic rings. The van der Waals surface area contributed by atoms with Crippen LogP contribution in [0.1, 0.15) is 23.0 Å². The van der Waals surface area contributed by atoms with Crippen LogP contribution in [0.15, 0.2) is 41.0 Å². The third-order valence-electron chi connectivity index (χ3n) is 2.79. The fraction of sp³-hybridized carbons (Fsp3) is 0.200. The van der Waals surface area contributed by atoms with Crippen molar-refractivity contribution in [2.24, 2.45) is 0 Å². The number of benzene rings is 1. The molecular formula is C15H15BrN2O2. The second kappa shape index (κ2) is 6.52. The molecule has 2 N–H and O–H groups in total. The van der Waals surface area contributed by atoms with Gasteiger partial charge in [-0.15, -0.1) is 0 Å². The van der Waals surface area contributed by atoms with Gasteiger partial charge in [0.1, 0.15) is 0 Å². The molecule has 0 aliphatic carbocycles. The Hall–Kier alpha value is -1.88. The van der Waals surface area contributed by atoms with E-state index >= 15 is 0 Å². The first-order valence-corrected chi connectivity index (χ1v) is 7.00. The summed E-state index contributed by atoms with van der Waals surface area (Å²) in [6.07, 6.45) is 2.40. The maximum absolute atomic E-state index is 11.6. The first-order valence-electron chi connectivity index (χ1n) is 6.20. The Morgan fingerprint density at radius 1 is 1.40 bits per heavy atom. The second-order valence-corrected chi connectivity index (χ2v) is 5.26. The Morgan fingerprint density at radius 2 is 2.20 bits per heavy atom. The lowest BCUT2D eigenvalue weighted by molar-refractivity contribution is 0.101. The molecule has 4 nitrogen and oxygen atoms in total. The van der Waals surface area contributed by atoms with Crippen molar-refractivity contribution >= 4 is 27.4 Å². The van der Waals surface area contributed by atoms with Gasteiger partial charge in [0.05, 0.1) is 17.9 Å². The lowest BCUT2D eigenvalue weighted by atomic mass is 10.1. The maximum Gasteiger partial charge on any atom is 0.163 e. The maximum atomic E-state index is 11.6. The molecule has 0 fully saturated rings. The van der Waals surface area contributed by atoms with E-state index in [2.05, 4.69) is 20.9 Å². The molecule has 0 atom stereocenters. The predicted molar refractivity (Wildman–Crippen MR) is 82.0 cm³/mol. The van der Waals surface area contributed by atoms with Crippen molar-refractivity contribution in [3.05, 3.63) is 52.3 Å². The number of Topliss-reactive ketones (excluding diaryl/α,β-unsaturated/α-hetero) is 1. The van der Waals surface area contributed by atoms with Crippen LogP contribution in [0, 0.1) is 0 Å². The summed E-state index contributed by atoms with van der Waals surface area (Å²) in [4.78, 5) is 15.9. The van der Waals surface area contributed by atoms with Gasteiger partial charge in [-0.05, 0) is 31.2 Å². The molecule has 104 valence electrons. The number of carbonyl (C=O) groups excluding carboxylic acids is 1. The molecule has 0 unspecified atom stereocenters. The molecule has 0 aliphatic heterocycles. The zero-order valence-corrected chi connectivity index (χ0v) is 12.7. The summed E-state index contributed by atoms with van der Waals surface area (Å²) in [6.45, 7) is 1.91. The molecular weight excluding hydrogens is 320 g/mol. The highest BCUT2D eigenvalue weighted by Gasteiger charge is 2.13. The van der Waals surface area contributed by atoms with Gasteiger partial charge < -0.3 is 10.5 Å². The van der Waals surface area contributed by atoms with Gasteiger partial charge in [0.25, 0.3) is 0 Å². The minimum atomic E-state index is -0.0779. The normalized spacial score (nSPS) is 10.3. The largest absolute Gasteiger partial charge is 0.490 e. The van der Waals surface area contributed by atoms with Crippen LogP contribution in [0.4, 0.5) is 5.69 Å². The average Bonchev–Trinajstić information content (AvgIpc) is 2.41. The molecule has 5 heteroatoms. The Bertz CT molecular complexity index is 615. The molecule has 1 aromatic carbocycles. The average molecular weight is 335 g/mol. The van der Waals surface area contributed by atoms with Crippen molar-refractivity contribution < 1.29 is 9.53 Å². The standard InChI is InChI=1S/C15H15BrN2O2/c1-10(19)13-8-11(16)9-14(17)15(13)20-7-5-12-4-2-3-6-18-12/h2-4,6,8-9H,5,7,17H2,1H3. The van der Waals surface area contributed by atoms with Crippen LogP contribution in [0.25, 0.3) is 0 Å². The fourth-order valence-corrected chi connectivity index (χ4v) is 2.32. The number of nitrogen functional groups attached to an aromatic ring is 1. The Morgan fingerprint density at radius 3 is 2.85 bits per heavy atom. The van der Waals surface area contributed by atoms with Gasteiger partial charge in [0.15, 0.2) is 11.5 Å². The molecule has 0 amide bonds. The highest BCUT2D eigenvalue weighted by molar-refractivity contribution is 9.10. The second-order valence-electron chi connectivity index (χ2n) is 4.35. The first-order chi connectivity index (χ1) is 9.58. The van der Waals surface area contributed by atoms with E-state index in [-0.39, 0.29) is 5.78 Å². The van der Waals surface area contributed by atoms with Gasteiger partial charge in [-0.25, -0.2) is 0 Å². The number of rotatable bonds is 5. The first kappa shape index (κ1) is 14.5. The molecule has 2 aromatic rings. The number of carbonyl (C=O) groups is 1. The lowest BCUT2D eigenvalue weighted by Crippen LogP contribution is -2.08. The number of pyridine rings is 1. The van der Waals surface area contributed by atoms with E-state index in [0.29, 0.717) is 30.0 Å². The predicted octanol–water partition coefficient (Wildman–Crippen LogP) is 3.25. The summed E-state index contributed by atoms with van der Waals surface area (Å²) in [5.74, 6) is 0.363. The van der Waals surface area contributed by atoms with Crippen molar-refractivity contribution in [3.8, 4) is 5.75 Å². The van der Waals surface area contributed by atoms with E-state index in [1.165, 1.54) is 6.92 Å². The van der Waals surface area contributed by atoms with Crippen LogP contribution in [0.3, 0.4) is 0 Å². The van der Waals surface area contributed by atoms with Gasteiger partial charge in [0.2, 0.25) is 0 Å². The summed E-state index contributed by atoms with van der Waals surface area (Å²) >= 11 is 3.32. The monoisotopic (exact) mass is 334 g/mol. The zero-order chi connectivity index (χ0) is 14.5. The highest BCUT2D eigenvalue weighted by Crippen LogP contribution is 2.31. The number of hydrogen-bond donors (Lipinski definition) is 1. The number of nitrogens with zero attached hydrogens (tertiary/aromatic N) is 1. The molecule has 0 saturated heterocycles. The topological polar surface area (TPSA) is 65.2 Å². The van der Waals surface area contributed by atoms with E-state index in [9.17, 15) is 4.79 Å². The number of aromatic nitrogens is 1. The van der Waals surface area contributed by atoms with Crippen LogP contribution < -0.4 is 10.5 Å². The summed E-state index contributed by atoms with van der Waals surface area (Å²) in [7, 11) is 0. The SMILES string of the molecule is CC(=O)c1cc(Br)cc(N)c1OCCc1ccccn1. The van der Waals surface area contributed by atoms with Crippen LogP contribution in [0.5, 0.6) is 5.75 Å². The third-order valence-corrected chi connectivity index (χ3v) is 3.25. The number of anilines is 1. The van der Waals surface area contributed by atoms with E-state index < -0.39 is 0 Å². The molecule has 20 heavy (non-hydrogen) atoms. The van der Waals surface area contributed by atoms with Crippen molar-refractivity contribution in [3.63, 3.8) is 0 Å². The van der Waals surface area contributed by atoms with Gasteiger partial charge >= 0.3 is 0 Å². The number of hydrogen-bond acceptors (Lipinski definition) is 4. The molecule has 1 aromatic heterocycles. The smallest absolute Gasteiger partial charge is 0.163 e. The van der Waals surface area contributed by atoms with Gasteiger partial charge in [-0.2, -0.15) is 0 Å².